The molecule has 1 aliphatic rings. The van der Waals surface area contributed by atoms with Gasteiger partial charge >= 0.3 is 5.43 Å². The Morgan fingerprint density at radius 2 is 2.38 bits per heavy atom. The van der Waals surface area contributed by atoms with Gasteiger partial charge < -0.3 is 4.74 Å². The summed E-state index contributed by atoms with van der Waals surface area (Å²) in [7, 11) is 0. The molecule has 1 atom stereocenters. The number of carbonyl (C=O) groups is 1. The summed E-state index contributed by atoms with van der Waals surface area (Å²) in [4.78, 5) is 11.9. The van der Waals surface area contributed by atoms with Crippen LogP contribution in [0, 0.1) is 0 Å². The van der Waals surface area contributed by atoms with Crippen LogP contribution in [0.2, 0.25) is 0 Å². The summed E-state index contributed by atoms with van der Waals surface area (Å²) in [5.41, 5.74) is 0.559. The maximum atomic E-state index is 10.6. The van der Waals surface area contributed by atoms with Gasteiger partial charge in [-0.15, -0.1) is 11.8 Å². The number of hydrogen-bond donors (Lipinski definition) is 0. The summed E-state index contributed by atoms with van der Waals surface area (Å²) >= 11 is 7.01. The topological polar surface area (TPSA) is 26.3 Å². The summed E-state index contributed by atoms with van der Waals surface area (Å²) in [6.45, 7) is 2.23. The van der Waals surface area contributed by atoms with Crippen molar-refractivity contribution in [2.75, 3.05) is 5.75 Å². The first-order valence-electron chi connectivity index (χ1n) is 5.31. The number of ether oxygens (including phenoxy) is 1. The van der Waals surface area contributed by atoms with Crippen molar-refractivity contribution in [2.45, 2.75) is 30.6 Å². The Morgan fingerprint density at radius 3 is 3.12 bits per heavy atom. The first-order chi connectivity index (χ1) is 7.66. The van der Waals surface area contributed by atoms with Crippen molar-refractivity contribution in [3.05, 3.63) is 23.8 Å². The van der Waals surface area contributed by atoms with E-state index < -0.39 is 5.43 Å². The van der Waals surface area contributed by atoms with Gasteiger partial charge in [0.05, 0.1) is 0 Å². The molecule has 16 heavy (non-hydrogen) atoms. The fraction of sp³-hybridized carbons (Fsp3) is 0.417. The van der Waals surface area contributed by atoms with E-state index in [4.69, 9.17) is 16.3 Å². The van der Waals surface area contributed by atoms with Crippen LogP contribution in [0.3, 0.4) is 0 Å². The molecule has 0 saturated heterocycles. The van der Waals surface area contributed by atoms with Crippen molar-refractivity contribution in [1.82, 2.24) is 0 Å². The molecular weight excluding hydrogens is 244 g/mol. The minimum Gasteiger partial charge on any atom is -0.414 e. The third kappa shape index (κ3) is 2.71. The third-order valence-corrected chi connectivity index (χ3v) is 3.99. The molecule has 0 aromatic heterocycles. The Balaban J connectivity index is 2.29. The zero-order chi connectivity index (χ0) is 11.5. The molecule has 0 saturated carbocycles. The Morgan fingerprint density at radius 1 is 1.56 bits per heavy atom. The van der Waals surface area contributed by atoms with E-state index in [9.17, 15) is 4.79 Å². The van der Waals surface area contributed by atoms with E-state index in [0.29, 0.717) is 11.7 Å². The van der Waals surface area contributed by atoms with Gasteiger partial charge in [0.1, 0.15) is 5.75 Å². The van der Waals surface area contributed by atoms with Crippen LogP contribution >= 0.6 is 23.4 Å². The lowest BCUT2D eigenvalue weighted by Crippen LogP contribution is -1.98. The summed E-state index contributed by atoms with van der Waals surface area (Å²) in [6.07, 6.45) is 2.44. The van der Waals surface area contributed by atoms with E-state index in [1.807, 2.05) is 30.0 Å². The number of halogens is 1. The van der Waals surface area contributed by atoms with Gasteiger partial charge in [-0.3, -0.25) is 0 Å². The maximum Gasteiger partial charge on any atom is 0.409 e. The Kier molecular flexibility index (Phi) is 3.77. The average Bonchev–Trinajstić information content (AvgIpc) is 2.40. The molecule has 0 amide bonds. The molecule has 0 fully saturated rings. The lowest BCUT2D eigenvalue weighted by atomic mass is 9.97. The third-order valence-electron chi connectivity index (χ3n) is 2.75. The van der Waals surface area contributed by atoms with Crippen molar-refractivity contribution in [1.29, 1.82) is 0 Å². The van der Waals surface area contributed by atoms with Crippen molar-refractivity contribution >= 4 is 28.8 Å². The van der Waals surface area contributed by atoms with Crippen LogP contribution in [-0.2, 0) is 0 Å². The quantitative estimate of drug-likeness (QED) is 0.696. The number of benzene rings is 1. The molecule has 0 bridgehead atoms. The molecule has 2 rings (SSSR count). The Bertz CT molecular complexity index is 406. The molecule has 1 heterocycles. The fourth-order valence-electron chi connectivity index (χ4n) is 1.93. The van der Waals surface area contributed by atoms with E-state index in [1.165, 1.54) is 23.3 Å². The number of carbonyl (C=O) groups excluding carboxylic acids is 1. The molecule has 0 radical (unpaired) electrons. The van der Waals surface area contributed by atoms with E-state index in [2.05, 4.69) is 6.92 Å². The van der Waals surface area contributed by atoms with Crippen LogP contribution in [-0.4, -0.2) is 11.2 Å². The first kappa shape index (κ1) is 11.8. The molecule has 4 heteroatoms. The SMILES string of the molecule is CC1CCCSc2cc(OC(=O)Cl)ccc21. The van der Waals surface area contributed by atoms with Gasteiger partial charge in [0.25, 0.3) is 0 Å². The summed E-state index contributed by atoms with van der Waals surface area (Å²) in [5, 5.41) is 0. The predicted molar refractivity (Wildman–Crippen MR) is 66.7 cm³/mol. The van der Waals surface area contributed by atoms with Gasteiger partial charge in [0, 0.05) is 16.5 Å². The van der Waals surface area contributed by atoms with Crippen LogP contribution in [0.5, 0.6) is 5.75 Å². The van der Waals surface area contributed by atoms with Gasteiger partial charge in [-0.05, 0) is 42.2 Å². The van der Waals surface area contributed by atoms with Crippen molar-refractivity contribution in [3.8, 4) is 5.75 Å². The monoisotopic (exact) mass is 256 g/mol. The van der Waals surface area contributed by atoms with Gasteiger partial charge in [0.15, 0.2) is 0 Å². The molecule has 0 aliphatic carbocycles. The van der Waals surface area contributed by atoms with Gasteiger partial charge in [-0.2, -0.15) is 0 Å². The lowest BCUT2D eigenvalue weighted by Gasteiger charge is -2.12. The Labute approximate surface area is 104 Å². The second kappa shape index (κ2) is 5.11. The van der Waals surface area contributed by atoms with Crippen LogP contribution in [0.25, 0.3) is 0 Å². The lowest BCUT2D eigenvalue weighted by molar-refractivity contribution is 0.225. The average molecular weight is 257 g/mol. The van der Waals surface area contributed by atoms with Crippen LogP contribution < -0.4 is 4.74 Å². The van der Waals surface area contributed by atoms with E-state index in [0.717, 1.165) is 5.75 Å². The highest BCUT2D eigenvalue weighted by Crippen LogP contribution is 2.37. The molecule has 1 unspecified atom stereocenters. The van der Waals surface area contributed by atoms with E-state index in [-0.39, 0.29) is 0 Å². The van der Waals surface area contributed by atoms with Crippen molar-refractivity contribution in [2.24, 2.45) is 0 Å². The summed E-state index contributed by atoms with van der Waals surface area (Å²) < 4.78 is 4.87. The molecule has 0 N–H and O–H groups in total. The molecule has 1 aromatic rings. The van der Waals surface area contributed by atoms with Crippen LogP contribution in [0.15, 0.2) is 23.1 Å². The normalized spacial score (nSPS) is 19.8. The number of fused-ring (bicyclic) bond motifs is 1. The predicted octanol–water partition coefficient (Wildman–Crippen LogP) is 4.41. The minimum absolute atomic E-state index is 0.528. The van der Waals surface area contributed by atoms with Gasteiger partial charge in [0.2, 0.25) is 0 Å². The largest absolute Gasteiger partial charge is 0.414 e. The van der Waals surface area contributed by atoms with E-state index in [1.54, 1.807) is 0 Å². The van der Waals surface area contributed by atoms with Crippen molar-refractivity contribution in [3.63, 3.8) is 0 Å². The fourth-order valence-corrected chi connectivity index (χ4v) is 3.19. The standard InChI is InChI=1S/C12H13ClO2S/c1-8-3-2-6-16-11-7-9(15-12(13)14)4-5-10(8)11/h4-5,7-8H,2-3,6H2,1H3. The highest BCUT2D eigenvalue weighted by Gasteiger charge is 2.16. The highest BCUT2D eigenvalue weighted by molar-refractivity contribution is 7.99. The number of hydrogen-bond acceptors (Lipinski definition) is 3. The van der Waals surface area contributed by atoms with Gasteiger partial charge in [-0.25, -0.2) is 4.79 Å². The smallest absolute Gasteiger partial charge is 0.409 e. The molecule has 1 aliphatic heterocycles. The molecular formula is C12H13ClO2S. The van der Waals surface area contributed by atoms with Crippen LogP contribution in [0.1, 0.15) is 31.2 Å². The number of rotatable bonds is 1. The summed E-state index contributed by atoms with van der Waals surface area (Å²) in [5.74, 6) is 2.22. The second-order valence-electron chi connectivity index (χ2n) is 3.93. The molecule has 0 spiro atoms. The Hall–Kier alpha value is -0.670. The van der Waals surface area contributed by atoms with Gasteiger partial charge in [-0.1, -0.05) is 13.0 Å². The minimum atomic E-state index is -0.786. The summed E-state index contributed by atoms with van der Waals surface area (Å²) in [6, 6.07) is 5.75. The molecule has 2 nitrogen and oxygen atoms in total. The number of thioether (sulfide) groups is 1. The highest BCUT2D eigenvalue weighted by atomic mass is 35.5. The van der Waals surface area contributed by atoms with Crippen molar-refractivity contribution < 1.29 is 9.53 Å². The zero-order valence-corrected chi connectivity index (χ0v) is 10.6. The maximum absolute atomic E-state index is 10.6. The second-order valence-corrected chi connectivity index (χ2v) is 5.38. The molecule has 1 aromatic carbocycles. The molecule has 86 valence electrons. The zero-order valence-electron chi connectivity index (χ0n) is 9.03. The first-order valence-corrected chi connectivity index (χ1v) is 6.67. The van der Waals surface area contributed by atoms with Crippen LogP contribution in [0.4, 0.5) is 4.79 Å². The van der Waals surface area contributed by atoms with E-state index >= 15 is 0 Å².